The fourth-order valence-electron chi connectivity index (χ4n) is 1.46. The Hall–Kier alpha value is -1.58. The normalized spacial score (nSPS) is 9.94. The first-order valence-corrected chi connectivity index (χ1v) is 5.42. The summed E-state index contributed by atoms with van der Waals surface area (Å²) < 4.78 is 10.0. The summed E-state index contributed by atoms with van der Waals surface area (Å²) in [5.74, 6) is 0.241. The van der Waals surface area contributed by atoms with Crippen molar-refractivity contribution >= 4 is 5.97 Å². The molecule has 0 atom stereocenters. The molecule has 0 radical (unpaired) electrons. The minimum atomic E-state index is -0.338. The van der Waals surface area contributed by atoms with E-state index in [0.29, 0.717) is 18.1 Å². The molecular weight excluding hydrogens is 206 g/mol. The molecular formula is C12H17NO3. The number of carbonyl (C=O) groups excluding carboxylic acids is 1. The van der Waals surface area contributed by atoms with Crippen LogP contribution in [0.5, 0.6) is 5.88 Å². The molecule has 0 aliphatic rings. The number of hydrogen-bond donors (Lipinski definition) is 0. The smallest absolute Gasteiger partial charge is 0.339 e. The Morgan fingerprint density at radius 3 is 2.75 bits per heavy atom. The molecule has 1 rings (SSSR count). The van der Waals surface area contributed by atoms with Gasteiger partial charge in [-0.15, -0.1) is 0 Å². The first kappa shape index (κ1) is 12.5. The van der Waals surface area contributed by atoms with Crippen LogP contribution >= 0.6 is 0 Å². The molecule has 0 spiro atoms. The van der Waals surface area contributed by atoms with Gasteiger partial charge in [-0.3, -0.25) is 0 Å². The standard InChI is InChI=1S/C12H17NO3/c1-4-6-9-7-10(12(14)16-5-2)8-13-11(9)15-3/h7-8H,4-6H2,1-3H3. The summed E-state index contributed by atoms with van der Waals surface area (Å²) in [5.41, 5.74) is 1.42. The van der Waals surface area contributed by atoms with Crippen LogP contribution in [0.25, 0.3) is 0 Å². The van der Waals surface area contributed by atoms with Crippen LogP contribution in [0.1, 0.15) is 36.2 Å². The molecule has 0 amide bonds. The number of pyridine rings is 1. The van der Waals surface area contributed by atoms with Crippen molar-refractivity contribution in [1.82, 2.24) is 4.98 Å². The van der Waals surface area contributed by atoms with E-state index in [1.54, 1.807) is 20.1 Å². The molecule has 4 nitrogen and oxygen atoms in total. The van der Waals surface area contributed by atoms with Gasteiger partial charge >= 0.3 is 5.97 Å². The molecule has 88 valence electrons. The highest BCUT2D eigenvalue weighted by Crippen LogP contribution is 2.18. The van der Waals surface area contributed by atoms with Crippen molar-refractivity contribution in [3.63, 3.8) is 0 Å². The fraction of sp³-hybridized carbons (Fsp3) is 0.500. The lowest BCUT2D eigenvalue weighted by atomic mass is 10.1. The Morgan fingerprint density at radius 2 is 2.19 bits per heavy atom. The van der Waals surface area contributed by atoms with Crippen molar-refractivity contribution in [2.24, 2.45) is 0 Å². The van der Waals surface area contributed by atoms with Gasteiger partial charge in [-0.2, -0.15) is 0 Å². The maximum Gasteiger partial charge on any atom is 0.339 e. The van der Waals surface area contributed by atoms with Crippen LogP contribution in [0.15, 0.2) is 12.3 Å². The van der Waals surface area contributed by atoms with Gasteiger partial charge in [0.25, 0.3) is 0 Å². The Morgan fingerprint density at radius 1 is 1.44 bits per heavy atom. The highest BCUT2D eigenvalue weighted by molar-refractivity contribution is 5.89. The van der Waals surface area contributed by atoms with E-state index in [0.717, 1.165) is 18.4 Å². The summed E-state index contributed by atoms with van der Waals surface area (Å²) in [6, 6.07) is 1.79. The molecule has 0 aliphatic heterocycles. The van der Waals surface area contributed by atoms with E-state index in [9.17, 15) is 4.79 Å². The second kappa shape index (κ2) is 6.10. The summed E-state index contributed by atoms with van der Waals surface area (Å²) in [6.07, 6.45) is 3.30. The fourth-order valence-corrected chi connectivity index (χ4v) is 1.46. The minimum Gasteiger partial charge on any atom is -0.481 e. The third kappa shape index (κ3) is 2.95. The molecule has 1 heterocycles. The highest BCUT2D eigenvalue weighted by atomic mass is 16.5. The lowest BCUT2D eigenvalue weighted by Gasteiger charge is -2.08. The molecule has 0 unspecified atom stereocenters. The number of esters is 1. The summed E-state index contributed by atoms with van der Waals surface area (Å²) >= 11 is 0. The Kier molecular flexibility index (Phi) is 4.76. The molecule has 1 aromatic heterocycles. The van der Waals surface area contributed by atoms with E-state index in [-0.39, 0.29) is 5.97 Å². The largest absolute Gasteiger partial charge is 0.481 e. The average molecular weight is 223 g/mol. The van der Waals surface area contributed by atoms with Crippen molar-refractivity contribution < 1.29 is 14.3 Å². The second-order valence-electron chi connectivity index (χ2n) is 3.36. The third-order valence-corrected chi connectivity index (χ3v) is 2.15. The van der Waals surface area contributed by atoms with Crippen LogP contribution in [0.2, 0.25) is 0 Å². The van der Waals surface area contributed by atoms with Gasteiger partial charge in [-0.1, -0.05) is 13.3 Å². The zero-order chi connectivity index (χ0) is 12.0. The number of ether oxygens (including phenoxy) is 2. The Labute approximate surface area is 95.6 Å². The number of aryl methyl sites for hydroxylation is 1. The number of rotatable bonds is 5. The molecule has 0 bridgehead atoms. The minimum absolute atomic E-state index is 0.338. The summed E-state index contributed by atoms with van der Waals surface area (Å²) in [5, 5.41) is 0. The van der Waals surface area contributed by atoms with Gasteiger partial charge in [0.05, 0.1) is 19.3 Å². The van der Waals surface area contributed by atoms with Crippen LogP contribution in [-0.4, -0.2) is 24.7 Å². The average Bonchev–Trinajstić information content (AvgIpc) is 2.29. The number of aromatic nitrogens is 1. The monoisotopic (exact) mass is 223 g/mol. The Bertz CT molecular complexity index is 363. The predicted octanol–water partition coefficient (Wildman–Crippen LogP) is 2.22. The van der Waals surface area contributed by atoms with E-state index >= 15 is 0 Å². The molecule has 0 fully saturated rings. The molecule has 1 aromatic rings. The van der Waals surface area contributed by atoms with Crippen molar-refractivity contribution in [2.75, 3.05) is 13.7 Å². The maximum atomic E-state index is 11.5. The van der Waals surface area contributed by atoms with Gasteiger partial charge in [0.1, 0.15) is 0 Å². The summed E-state index contributed by atoms with van der Waals surface area (Å²) in [7, 11) is 1.57. The molecule has 0 N–H and O–H groups in total. The molecule has 4 heteroatoms. The van der Waals surface area contributed by atoms with Crippen molar-refractivity contribution in [1.29, 1.82) is 0 Å². The van der Waals surface area contributed by atoms with E-state index in [2.05, 4.69) is 11.9 Å². The maximum absolute atomic E-state index is 11.5. The van der Waals surface area contributed by atoms with Crippen molar-refractivity contribution in [2.45, 2.75) is 26.7 Å². The third-order valence-electron chi connectivity index (χ3n) is 2.15. The molecule has 16 heavy (non-hydrogen) atoms. The molecule has 0 aromatic carbocycles. The molecule has 0 aliphatic carbocycles. The molecule has 0 saturated heterocycles. The number of methoxy groups -OCH3 is 1. The van der Waals surface area contributed by atoms with Crippen molar-refractivity contribution in [3.05, 3.63) is 23.4 Å². The van der Waals surface area contributed by atoms with E-state index in [1.165, 1.54) is 6.20 Å². The lowest BCUT2D eigenvalue weighted by Crippen LogP contribution is -2.07. The van der Waals surface area contributed by atoms with E-state index in [1.807, 2.05) is 0 Å². The van der Waals surface area contributed by atoms with Crippen LogP contribution < -0.4 is 4.74 Å². The second-order valence-corrected chi connectivity index (χ2v) is 3.36. The van der Waals surface area contributed by atoms with Crippen LogP contribution in [0.4, 0.5) is 0 Å². The first-order chi connectivity index (χ1) is 7.72. The topological polar surface area (TPSA) is 48.4 Å². The summed E-state index contributed by atoms with van der Waals surface area (Å²) in [4.78, 5) is 15.6. The first-order valence-electron chi connectivity index (χ1n) is 5.42. The van der Waals surface area contributed by atoms with Gasteiger partial charge < -0.3 is 9.47 Å². The lowest BCUT2D eigenvalue weighted by molar-refractivity contribution is 0.0525. The Balaban J connectivity index is 2.96. The number of carbonyl (C=O) groups is 1. The van der Waals surface area contributed by atoms with Gasteiger partial charge in [0.2, 0.25) is 5.88 Å². The number of hydrogen-bond acceptors (Lipinski definition) is 4. The zero-order valence-corrected chi connectivity index (χ0v) is 9.95. The van der Waals surface area contributed by atoms with Crippen LogP contribution in [0.3, 0.4) is 0 Å². The van der Waals surface area contributed by atoms with Crippen LogP contribution in [0, 0.1) is 0 Å². The molecule has 0 saturated carbocycles. The summed E-state index contributed by atoms with van der Waals surface area (Å²) in [6.45, 7) is 4.21. The SMILES string of the molecule is CCCc1cc(C(=O)OCC)cnc1OC. The van der Waals surface area contributed by atoms with Gasteiger partial charge in [0.15, 0.2) is 0 Å². The van der Waals surface area contributed by atoms with E-state index in [4.69, 9.17) is 9.47 Å². The van der Waals surface area contributed by atoms with E-state index < -0.39 is 0 Å². The van der Waals surface area contributed by atoms with Gasteiger partial charge in [-0.05, 0) is 19.4 Å². The van der Waals surface area contributed by atoms with Gasteiger partial charge in [0, 0.05) is 11.8 Å². The van der Waals surface area contributed by atoms with Crippen molar-refractivity contribution in [3.8, 4) is 5.88 Å². The zero-order valence-electron chi connectivity index (χ0n) is 9.95. The predicted molar refractivity (Wildman–Crippen MR) is 60.7 cm³/mol. The highest BCUT2D eigenvalue weighted by Gasteiger charge is 2.11. The quantitative estimate of drug-likeness (QED) is 0.718. The van der Waals surface area contributed by atoms with Gasteiger partial charge in [-0.25, -0.2) is 9.78 Å². The van der Waals surface area contributed by atoms with Crippen LogP contribution in [-0.2, 0) is 11.2 Å². The number of nitrogens with zero attached hydrogens (tertiary/aromatic N) is 1.